The number of hydrogen-bond acceptors (Lipinski definition) is 4. The van der Waals surface area contributed by atoms with Gasteiger partial charge in [-0.3, -0.25) is 4.90 Å². The quantitative estimate of drug-likeness (QED) is 0.778. The van der Waals surface area contributed by atoms with E-state index in [1.165, 1.54) is 32.1 Å². The molecular weight excluding hydrogens is 254 g/mol. The van der Waals surface area contributed by atoms with Crippen LogP contribution in [0, 0.1) is 0 Å². The Balaban J connectivity index is 1.64. The van der Waals surface area contributed by atoms with E-state index in [0.717, 1.165) is 32.5 Å². The smallest absolute Gasteiger partial charge is 0.0900 e. The maximum Gasteiger partial charge on any atom is 0.0900 e. The number of aliphatic hydroxyl groups is 1. The SMILES string of the molecule is CCC1CCCCCN1CC(O)COCC1CCCO1. The van der Waals surface area contributed by atoms with Crippen molar-refractivity contribution in [2.75, 3.05) is 32.9 Å². The van der Waals surface area contributed by atoms with Gasteiger partial charge in [0.1, 0.15) is 0 Å². The Morgan fingerprint density at radius 2 is 2.15 bits per heavy atom. The van der Waals surface area contributed by atoms with Crippen molar-refractivity contribution in [1.82, 2.24) is 4.90 Å². The summed E-state index contributed by atoms with van der Waals surface area (Å²) < 4.78 is 11.1. The van der Waals surface area contributed by atoms with Crippen molar-refractivity contribution in [3.05, 3.63) is 0 Å². The first-order valence-electron chi connectivity index (χ1n) is 8.41. The zero-order valence-electron chi connectivity index (χ0n) is 12.9. The van der Waals surface area contributed by atoms with Crippen LogP contribution in [0.3, 0.4) is 0 Å². The highest BCUT2D eigenvalue weighted by Gasteiger charge is 2.22. The molecule has 118 valence electrons. The Kier molecular flexibility index (Phi) is 7.28. The molecule has 2 rings (SSSR count). The van der Waals surface area contributed by atoms with E-state index in [9.17, 15) is 5.11 Å². The van der Waals surface area contributed by atoms with Crippen molar-refractivity contribution >= 4 is 0 Å². The van der Waals surface area contributed by atoms with Crippen LogP contribution in [0.4, 0.5) is 0 Å². The molecule has 3 atom stereocenters. The fraction of sp³-hybridized carbons (Fsp3) is 1.00. The van der Waals surface area contributed by atoms with Gasteiger partial charge >= 0.3 is 0 Å². The van der Waals surface area contributed by atoms with Gasteiger partial charge in [-0.2, -0.15) is 0 Å². The fourth-order valence-electron chi connectivity index (χ4n) is 3.37. The van der Waals surface area contributed by atoms with Gasteiger partial charge in [-0.25, -0.2) is 0 Å². The van der Waals surface area contributed by atoms with Gasteiger partial charge in [0.05, 0.1) is 25.4 Å². The molecule has 0 spiro atoms. The van der Waals surface area contributed by atoms with Crippen LogP contribution in [-0.4, -0.2) is 61.2 Å². The molecule has 0 aromatic heterocycles. The summed E-state index contributed by atoms with van der Waals surface area (Å²) >= 11 is 0. The van der Waals surface area contributed by atoms with Crippen LogP contribution in [0.25, 0.3) is 0 Å². The average molecular weight is 285 g/mol. The van der Waals surface area contributed by atoms with Crippen LogP contribution in [0.1, 0.15) is 51.9 Å². The Labute approximate surface area is 123 Å². The fourth-order valence-corrected chi connectivity index (χ4v) is 3.37. The third-order valence-electron chi connectivity index (χ3n) is 4.55. The highest BCUT2D eigenvalue weighted by Crippen LogP contribution is 2.19. The molecule has 0 amide bonds. The van der Waals surface area contributed by atoms with Crippen molar-refractivity contribution in [3.8, 4) is 0 Å². The van der Waals surface area contributed by atoms with E-state index in [1.807, 2.05) is 0 Å². The van der Waals surface area contributed by atoms with Crippen LogP contribution in [0.15, 0.2) is 0 Å². The second kappa shape index (κ2) is 8.98. The largest absolute Gasteiger partial charge is 0.389 e. The van der Waals surface area contributed by atoms with Crippen molar-refractivity contribution in [1.29, 1.82) is 0 Å². The zero-order chi connectivity index (χ0) is 14.2. The lowest BCUT2D eigenvalue weighted by Crippen LogP contribution is -2.41. The molecule has 1 N–H and O–H groups in total. The van der Waals surface area contributed by atoms with Gasteiger partial charge in [-0.15, -0.1) is 0 Å². The number of rotatable bonds is 7. The van der Waals surface area contributed by atoms with E-state index < -0.39 is 0 Å². The molecule has 2 heterocycles. The third-order valence-corrected chi connectivity index (χ3v) is 4.55. The second-order valence-corrected chi connectivity index (χ2v) is 6.23. The molecule has 4 heteroatoms. The van der Waals surface area contributed by atoms with Gasteiger partial charge in [0.25, 0.3) is 0 Å². The number of likely N-dealkylation sites (tertiary alicyclic amines) is 1. The van der Waals surface area contributed by atoms with Crippen LogP contribution in [0.5, 0.6) is 0 Å². The minimum atomic E-state index is -0.372. The summed E-state index contributed by atoms with van der Waals surface area (Å²) in [6.07, 6.45) is 8.51. The highest BCUT2D eigenvalue weighted by atomic mass is 16.5. The lowest BCUT2D eigenvalue weighted by Gasteiger charge is -2.31. The molecule has 2 fully saturated rings. The van der Waals surface area contributed by atoms with Gasteiger partial charge in [0, 0.05) is 19.2 Å². The predicted octanol–water partition coefficient (Wildman–Crippen LogP) is 2.20. The molecule has 0 radical (unpaired) electrons. The Bertz CT molecular complexity index is 256. The lowest BCUT2D eigenvalue weighted by atomic mass is 10.1. The summed E-state index contributed by atoms with van der Waals surface area (Å²) in [5.41, 5.74) is 0. The minimum absolute atomic E-state index is 0.253. The molecule has 0 bridgehead atoms. The van der Waals surface area contributed by atoms with Gasteiger partial charge < -0.3 is 14.6 Å². The Morgan fingerprint density at radius 3 is 2.90 bits per heavy atom. The number of β-amino-alcohol motifs (C(OH)–C–C–N with tert-alkyl or cyclic N) is 1. The number of aliphatic hydroxyl groups excluding tert-OH is 1. The number of hydrogen-bond donors (Lipinski definition) is 1. The van der Waals surface area contributed by atoms with Gasteiger partial charge in [-0.1, -0.05) is 19.8 Å². The second-order valence-electron chi connectivity index (χ2n) is 6.23. The monoisotopic (exact) mass is 285 g/mol. The normalized spacial score (nSPS) is 30.3. The third kappa shape index (κ3) is 5.32. The summed E-state index contributed by atoms with van der Waals surface area (Å²) in [5, 5.41) is 10.2. The van der Waals surface area contributed by atoms with Crippen molar-refractivity contribution in [3.63, 3.8) is 0 Å². The summed E-state index contributed by atoms with van der Waals surface area (Å²) in [6.45, 7) is 6.07. The molecule has 2 saturated heterocycles. The van der Waals surface area contributed by atoms with Crippen molar-refractivity contribution in [2.24, 2.45) is 0 Å². The topological polar surface area (TPSA) is 41.9 Å². The van der Waals surface area contributed by atoms with E-state index in [1.54, 1.807) is 0 Å². The Hall–Kier alpha value is -0.160. The maximum absolute atomic E-state index is 10.2. The highest BCUT2D eigenvalue weighted by molar-refractivity contribution is 4.76. The summed E-state index contributed by atoms with van der Waals surface area (Å²) in [5.74, 6) is 0. The van der Waals surface area contributed by atoms with Gasteiger partial charge in [0.2, 0.25) is 0 Å². The van der Waals surface area contributed by atoms with Gasteiger partial charge in [0.15, 0.2) is 0 Å². The van der Waals surface area contributed by atoms with Crippen LogP contribution in [0.2, 0.25) is 0 Å². The van der Waals surface area contributed by atoms with Crippen LogP contribution in [-0.2, 0) is 9.47 Å². The van der Waals surface area contributed by atoms with Gasteiger partial charge in [-0.05, 0) is 38.6 Å². The molecule has 2 aliphatic heterocycles. The minimum Gasteiger partial charge on any atom is -0.389 e. The molecule has 0 aromatic carbocycles. The number of ether oxygens (including phenoxy) is 2. The number of nitrogens with zero attached hydrogens (tertiary/aromatic N) is 1. The summed E-state index contributed by atoms with van der Waals surface area (Å²) in [7, 11) is 0. The Morgan fingerprint density at radius 1 is 1.25 bits per heavy atom. The average Bonchev–Trinajstić information content (AvgIpc) is 2.85. The van der Waals surface area contributed by atoms with E-state index in [2.05, 4.69) is 11.8 Å². The molecular formula is C16H31NO3. The molecule has 20 heavy (non-hydrogen) atoms. The van der Waals surface area contributed by atoms with Crippen LogP contribution < -0.4 is 0 Å². The predicted molar refractivity (Wildman–Crippen MR) is 79.9 cm³/mol. The van der Waals surface area contributed by atoms with Crippen LogP contribution >= 0.6 is 0 Å². The molecule has 0 saturated carbocycles. The van der Waals surface area contributed by atoms with E-state index in [0.29, 0.717) is 19.3 Å². The summed E-state index contributed by atoms with van der Waals surface area (Å²) in [4.78, 5) is 2.47. The first-order valence-corrected chi connectivity index (χ1v) is 8.41. The zero-order valence-corrected chi connectivity index (χ0v) is 12.9. The molecule has 0 aliphatic carbocycles. The first-order chi connectivity index (χ1) is 9.79. The lowest BCUT2D eigenvalue weighted by molar-refractivity contribution is -0.0285. The first kappa shape index (κ1) is 16.2. The molecule has 4 nitrogen and oxygen atoms in total. The van der Waals surface area contributed by atoms with Crippen molar-refractivity contribution < 1.29 is 14.6 Å². The molecule has 2 aliphatic rings. The van der Waals surface area contributed by atoms with E-state index >= 15 is 0 Å². The molecule has 3 unspecified atom stereocenters. The standard InChI is InChI=1S/C16H31NO3/c1-2-14-7-4-3-5-9-17(14)11-15(18)12-19-13-16-8-6-10-20-16/h14-16,18H,2-13H2,1H3. The van der Waals surface area contributed by atoms with Crippen molar-refractivity contribution in [2.45, 2.75) is 70.1 Å². The van der Waals surface area contributed by atoms with E-state index in [4.69, 9.17) is 9.47 Å². The van der Waals surface area contributed by atoms with E-state index in [-0.39, 0.29) is 12.2 Å². The molecule has 0 aromatic rings. The maximum atomic E-state index is 10.2. The summed E-state index contributed by atoms with van der Waals surface area (Å²) in [6, 6.07) is 0.644.